The van der Waals surface area contributed by atoms with Gasteiger partial charge in [0.25, 0.3) is 0 Å². The van der Waals surface area contributed by atoms with E-state index in [1.165, 1.54) is 21.4 Å². The maximum absolute atomic E-state index is 13.0. The third-order valence-electron chi connectivity index (χ3n) is 3.17. The number of amides is 2. The first-order valence-electron chi connectivity index (χ1n) is 7.32. The highest BCUT2D eigenvalue weighted by atomic mass is 19.1. The van der Waals surface area contributed by atoms with Crippen molar-refractivity contribution in [3.8, 4) is 11.4 Å². The summed E-state index contributed by atoms with van der Waals surface area (Å²) in [6.07, 6.45) is 0. The van der Waals surface area contributed by atoms with E-state index in [-0.39, 0.29) is 36.7 Å². The van der Waals surface area contributed by atoms with Crippen LogP contribution in [0.1, 0.15) is 13.8 Å². The molecule has 1 heterocycles. The van der Waals surface area contributed by atoms with E-state index >= 15 is 0 Å². The largest absolute Gasteiger partial charge is 0.345 e. The summed E-state index contributed by atoms with van der Waals surface area (Å²) in [7, 11) is 1.60. The van der Waals surface area contributed by atoms with E-state index in [9.17, 15) is 14.0 Å². The molecule has 0 aliphatic heterocycles. The van der Waals surface area contributed by atoms with Gasteiger partial charge in [-0.15, -0.1) is 5.10 Å². The number of benzene rings is 1. The van der Waals surface area contributed by atoms with Gasteiger partial charge in [0.05, 0.1) is 6.54 Å². The van der Waals surface area contributed by atoms with Crippen LogP contribution < -0.4 is 16.3 Å². The molecule has 2 rings (SSSR count). The number of rotatable bonds is 5. The topological polar surface area (TPSA) is 81.0 Å². The number of urea groups is 1. The second-order valence-corrected chi connectivity index (χ2v) is 5.45. The highest BCUT2D eigenvalue weighted by Crippen LogP contribution is 2.15. The van der Waals surface area contributed by atoms with Gasteiger partial charge < -0.3 is 10.6 Å². The standard InChI is InChI=1S/C15H20FN5O2/c1-10(2)18-14(22)17-8-9-21-15(23)20(3)13(19-21)11-4-6-12(16)7-5-11/h4-7,10H,8-9H2,1-3H3,(H2,17,18,22). The Labute approximate surface area is 133 Å². The Morgan fingerprint density at radius 1 is 1.30 bits per heavy atom. The number of hydrogen-bond donors (Lipinski definition) is 2. The van der Waals surface area contributed by atoms with Gasteiger partial charge in [0, 0.05) is 25.2 Å². The van der Waals surface area contributed by atoms with Crippen molar-refractivity contribution < 1.29 is 9.18 Å². The van der Waals surface area contributed by atoms with Crippen LogP contribution in [0, 0.1) is 5.82 Å². The fourth-order valence-corrected chi connectivity index (χ4v) is 2.07. The lowest BCUT2D eigenvalue weighted by molar-refractivity contribution is 0.238. The maximum Gasteiger partial charge on any atom is 0.345 e. The van der Waals surface area contributed by atoms with Crippen molar-refractivity contribution in [2.24, 2.45) is 7.05 Å². The number of nitrogens with one attached hydrogen (secondary N) is 2. The van der Waals surface area contributed by atoms with Crippen LogP contribution in [0.4, 0.5) is 9.18 Å². The summed E-state index contributed by atoms with van der Waals surface area (Å²) in [4.78, 5) is 23.6. The Morgan fingerprint density at radius 3 is 2.57 bits per heavy atom. The van der Waals surface area contributed by atoms with Crippen molar-refractivity contribution in [2.45, 2.75) is 26.4 Å². The molecule has 0 bridgehead atoms. The molecule has 0 aliphatic rings. The van der Waals surface area contributed by atoms with Crippen molar-refractivity contribution in [2.75, 3.05) is 6.54 Å². The zero-order valence-electron chi connectivity index (χ0n) is 13.3. The molecule has 0 fully saturated rings. The van der Waals surface area contributed by atoms with Gasteiger partial charge in [0.1, 0.15) is 5.82 Å². The first-order valence-corrected chi connectivity index (χ1v) is 7.32. The summed E-state index contributed by atoms with van der Waals surface area (Å²) in [6.45, 7) is 4.24. The Kier molecular flexibility index (Phi) is 5.15. The number of carbonyl (C=O) groups excluding carboxylic acids is 1. The highest BCUT2D eigenvalue weighted by molar-refractivity contribution is 5.73. The van der Waals surface area contributed by atoms with E-state index in [0.717, 1.165) is 0 Å². The van der Waals surface area contributed by atoms with Gasteiger partial charge in [-0.05, 0) is 38.1 Å². The molecule has 2 amide bonds. The molecule has 0 saturated carbocycles. The lowest BCUT2D eigenvalue weighted by Crippen LogP contribution is -2.41. The summed E-state index contributed by atoms with van der Waals surface area (Å²) < 4.78 is 15.6. The van der Waals surface area contributed by atoms with Crippen LogP contribution in [-0.4, -0.2) is 33.0 Å². The highest BCUT2D eigenvalue weighted by Gasteiger charge is 2.12. The second kappa shape index (κ2) is 7.08. The fourth-order valence-electron chi connectivity index (χ4n) is 2.07. The molecular formula is C15H20FN5O2. The molecule has 0 atom stereocenters. The van der Waals surface area contributed by atoms with Gasteiger partial charge in [-0.3, -0.25) is 4.57 Å². The van der Waals surface area contributed by atoms with Gasteiger partial charge >= 0.3 is 11.7 Å². The van der Waals surface area contributed by atoms with E-state index in [1.54, 1.807) is 19.2 Å². The maximum atomic E-state index is 13.0. The van der Waals surface area contributed by atoms with Crippen LogP contribution in [-0.2, 0) is 13.6 Å². The number of nitrogens with zero attached hydrogens (tertiary/aromatic N) is 3. The van der Waals surface area contributed by atoms with E-state index in [0.29, 0.717) is 11.4 Å². The van der Waals surface area contributed by atoms with Crippen molar-refractivity contribution in [3.63, 3.8) is 0 Å². The van der Waals surface area contributed by atoms with Crippen LogP contribution in [0.25, 0.3) is 11.4 Å². The Bertz CT molecular complexity index is 733. The molecule has 23 heavy (non-hydrogen) atoms. The zero-order valence-corrected chi connectivity index (χ0v) is 13.3. The fraction of sp³-hybridized carbons (Fsp3) is 0.400. The Balaban J connectivity index is 2.07. The summed E-state index contributed by atoms with van der Waals surface area (Å²) >= 11 is 0. The zero-order chi connectivity index (χ0) is 17.0. The van der Waals surface area contributed by atoms with Crippen LogP contribution in [0.2, 0.25) is 0 Å². The van der Waals surface area contributed by atoms with Gasteiger partial charge in [-0.1, -0.05) is 0 Å². The molecule has 124 valence electrons. The van der Waals surface area contributed by atoms with Crippen molar-refractivity contribution in [1.82, 2.24) is 25.0 Å². The predicted molar refractivity (Wildman–Crippen MR) is 84.5 cm³/mol. The SMILES string of the molecule is CC(C)NC(=O)NCCn1nc(-c2ccc(F)cc2)n(C)c1=O. The van der Waals surface area contributed by atoms with Gasteiger partial charge in [-0.2, -0.15) is 0 Å². The molecule has 0 spiro atoms. The molecule has 8 heteroatoms. The molecule has 0 radical (unpaired) electrons. The molecule has 0 aliphatic carbocycles. The third-order valence-corrected chi connectivity index (χ3v) is 3.17. The lowest BCUT2D eigenvalue weighted by atomic mass is 10.2. The molecule has 1 aromatic carbocycles. The molecule has 1 aromatic heterocycles. The summed E-state index contributed by atoms with van der Waals surface area (Å²) in [6, 6.07) is 5.51. The Hall–Kier alpha value is -2.64. The summed E-state index contributed by atoms with van der Waals surface area (Å²) in [5.74, 6) is 0.0974. The van der Waals surface area contributed by atoms with Crippen LogP contribution in [0.5, 0.6) is 0 Å². The summed E-state index contributed by atoms with van der Waals surface area (Å²) in [5, 5.41) is 9.59. The van der Waals surface area contributed by atoms with E-state index in [1.807, 2.05) is 13.8 Å². The average Bonchev–Trinajstić information content (AvgIpc) is 2.76. The molecule has 0 saturated heterocycles. The van der Waals surface area contributed by atoms with Crippen molar-refractivity contribution in [3.05, 3.63) is 40.6 Å². The van der Waals surface area contributed by atoms with E-state index < -0.39 is 0 Å². The normalized spacial score (nSPS) is 10.8. The number of hydrogen-bond acceptors (Lipinski definition) is 3. The average molecular weight is 321 g/mol. The minimum atomic E-state index is -0.349. The smallest absolute Gasteiger partial charge is 0.336 e. The third kappa shape index (κ3) is 4.18. The monoisotopic (exact) mass is 321 g/mol. The van der Waals surface area contributed by atoms with E-state index in [4.69, 9.17) is 0 Å². The minimum absolute atomic E-state index is 0.0395. The predicted octanol–water partition coefficient (Wildman–Crippen LogP) is 1.10. The van der Waals surface area contributed by atoms with Crippen LogP contribution in [0.3, 0.4) is 0 Å². The van der Waals surface area contributed by atoms with Gasteiger partial charge in [0.15, 0.2) is 5.82 Å². The van der Waals surface area contributed by atoms with Crippen molar-refractivity contribution >= 4 is 6.03 Å². The second-order valence-electron chi connectivity index (χ2n) is 5.45. The molecular weight excluding hydrogens is 301 g/mol. The molecule has 2 N–H and O–H groups in total. The first kappa shape index (κ1) is 16.7. The minimum Gasteiger partial charge on any atom is -0.336 e. The molecule has 0 unspecified atom stereocenters. The van der Waals surface area contributed by atoms with Crippen LogP contribution in [0.15, 0.2) is 29.1 Å². The number of halogens is 1. The van der Waals surface area contributed by atoms with Crippen molar-refractivity contribution in [1.29, 1.82) is 0 Å². The summed E-state index contributed by atoms with van der Waals surface area (Å²) in [5.41, 5.74) is 0.352. The lowest BCUT2D eigenvalue weighted by Gasteiger charge is -2.09. The number of carbonyl (C=O) groups is 1. The Morgan fingerprint density at radius 2 is 1.96 bits per heavy atom. The first-order chi connectivity index (χ1) is 10.9. The van der Waals surface area contributed by atoms with Gasteiger partial charge in [0.2, 0.25) is 0 Å². The van der Waals surface area contributed by atoms with Gasteiger partial charge in [-0.25, -0.2) is 18.7 Å². The quantitative estimate of drug-likeness (QED) is 0.865. The molecule has 7 nitrogen and oxygen atoms in total. The van der Waals surface area contributed by atoms with Crippen LogP contribution >= 0.6 is 0 Å². The number of aromatic nitrogens is 3. The molecule has 2 aromatic rings. The van der Waals surface area contributed by atoms with E-state index in [2.05, 4.69) is 15.7 Å².